The van der Waals surface area contributed by atoms with Crippen LogP contribution in [-0.4, -0.2) is 41.1 Å². The van der Waals surface area contributed by atoms with Crippen LogP contribution in [0, 0.1) is 5.92 Å². The smallest absolute Gasteiger partial charge is 0.277 e. The minimum Gasteiger partial charge on any atom is -0.497 e. The minimum absolute atomic E-state index is 0.285. The van der Waals surface area contributed by atoms with E-state index in [1.54, 1.807) is 42.3 Å². The molecule has 156 valence electrons. The molecule has 1 amide bonds. The highest BCUT2D eigenvalue weighted by Crippen LogP contribution is 2.25. The van der Waals surface area contributed by atoms with Gasteiger partial charge in [-0.05, 0) is 80.4 Å². The zero-order valence-corrected chi connectivity index (χ0v) is 16.9. The molecule has 3 aromatic rings. The molecule has 0 aliphatic carbocycles. The molecule has 0 bridgehead atoms. The van der Waals surface area contributed by atoms with Crippen molar-refractivity contribution in [2.24, 2.45) is 5.92 Å². The number of hydrogen-bond donors (Lipinski definition) is 2. The van der Waals surface area contributed by atoms with Gasteiger partial charge in [0.1, 0.15) is 17.2 Å². The Labute approximate surface area is 175 Å². The van der Waals surface area contributed by atoms with E-state index in [9.17, 15) is 4.79 Å². The summed E-state index contributed by atoms with van der Waals surface area (Å²) in [6.45, 7) is 2.82. The fourth-order valence-corrected chi connectivity index (χ4v) is 3.42. The molecule has 2 N–H and O–H groups in total. The number of aromatic nitrogens is 3. The van der Waals surface area contributed by atoms with Crippen molar-refractivity contribution in [1.29, 1.82) is 0 Å². The van der Waals surface area contributed by atoms with Crippen molar-refractivity contribution in [3.05, 3.63) is 60.4 Å². The van der Waals surface area contributed by atoms with Crippen LogP contribution in [0.3, 0.4) is 0 Å². The first kappa shape index (κ1) is 19.9. The van der Waals surface area contributed by atoms with E-state index in [0.29, 0.717) is 28.8 Å². The third kappa shape index (κ3) is 5.15. The molecule has 1 aliphatic heterocycles. The summed E-state index contributed by atoms with van der Waals surface area (Å²) in [5.74, 6) is 2.39. The number of nitrogens with zero attached hydrogens (tertiary/aromatic N) is 3. The average molecular weight is 407 g/mol. The molecule has 1 unspecified atom stereocenters. The average Bonchev–Trinajstić information content (AvgIpc) is 3.25. The number of piperidine rings is 1. The normalized spacial score (nSPS) is 16.1. The Hall–Kier alpha value is -3.39. The molecule has 0 radical (unpaired) electrons. The zero-order chi connectivity index (χ0) is 20.8. The van der Waals surface area contributed by atoms with Gasteiger partial charge in [-0.15, -0.1) is 5.10 Å². The van der Waals surface area contributed by atoms with Crippen LogP contribution in [-0.2, 0) is 6.54 Å². The summed E-state index contributed by atoms with van der Waals surface area (Å²) in [5.41, 5.74) is 0.963. The molecule has 0 saturated carbocycles. The van der Waals surface area contributed by atoms with Crippen LogP contribution in [0.15, 0.2) is 54.7 Å². The topological polar surface area (TPSA) is 90.3 Å². The summed E-state index contributed by atoms with van der Waals surface area (Å²) >= 11 is 0. The van der Waals surface area contributed by atoms with E-state index < -0.39 is 0 Å². The van der Waals surface area contributed by atoms with Crippen LogP contribution in [0.1, 0.15) is 23.3 Å². The summed E-state index contributed by atoms with van der Waals surface area (Å²) in [4.78, 5) is 12.5. The van der Waals surface area contributed by atoms with E-state index >= 15 is 0 Å². The number of nitrogens with one attached hydrogen (secondary N) is 2. The van der Waals surface area contributed by atoms with Crippen LogP contribution in [0.5, 0.6) is 17.2 Å². The van der Waals surface area contributed by atoms with E-state index in [1.165, 1.54) is 12.8 Å². The number of rotatable bonds is 7. The second-order valence-electron chi connectivity index (χ2n) is 7.29. The van der Waals surface area contributed by atoms with Gasteiger partial charge >= 0.3 is 0 Å². The number of methoxy groups -OCH3 is 1. The SMILES string of the molecule is COc1ccc(Oc2ccc(NC(=O)c3cn(CC4CCCNC4)nn3)cc2)cc1. The molecular weight excluding hydrogens is 382 g/mol. The highest BCUT2D eigenvalue weighted by atomic mass is 16.5. The second kappa shape index (κ2) is 9.41. The minimum atomic E-state index is -0.285. The number of hydrogen-bond acceptors (Lipinski definition) is 6. The van der Waals surface area contributed by atoms with Crippen LogP contribution in [0.2, 0.25) is 0 Å². The number of benzene rings is 2. The third-order valence-electron chi connectivity index (χ3n) is 5.02. The van der Waals surface area contributed by atoms with Gasteiger partial charge in [0.25, 0.3) is 5.91 Å². The van der Waals surface area contributed by atoms with Crippen molar-refractivity contribution < 1.29 is 14.3 Å². The molecular formula is C22H25N5O3. The number of anilines is 1. The third-order valence-corrected chi connectivity index (χ3v) is 5.02. The number of carbonyl (C=O) groups is 1. The molecule has 1 aromatic heterocycles. The van der Waals surface area contributed by atoms with E-state index in [1.807, 2.05) is 24.3 Å². The van der Waals surface area contributed by atoms with Gasteiger partial charge in [0, 0.05) is 12.2 Å². The molecule has 8 heteroatoms. The highest BCUT2D eigenvalue weighted by molar-refractivity contribution is 6.02. The molecule has 1 saturated heterocycles. The maximum absolute atomic E-state index is 12.5. The molecule has 2 aromatic carbocycles. The fourth-order valence-electron chi connectivity index (χ4n) is 3.42. The molecule has 1 aliphatic rings. The second-order valence-corrected chi connectivity index (χ2v) is 7.29. The predicted octanol–water partition coefficient (Wildman–Crippen LogP) is 3.33. The lowest BCUT2D eigenvalue weighted by Gasteiger charge is -2.22. The standard InChI is InChI=1S/C22H25N5O3/c1-29-18-8-10-20(11-9-18)30-19-6-4-17(5-7-19)24-22(28)21-15-27(26-25-21)14-16-3-2-12-23-13-16/h4-11,15-16,23H,2-3,12-14H2,1H3,(H,24,28). The van der Waals surface area contributed by atoms with Crippen LogP contribution in [0.25, 0.3) is 0 Å². The first-order valence-electron chi connectivity index (χ1n) is 10.0. The fraction of sp³-hybridized carbons (Fsp3) is 0.318. The van der Waals surface area contributed by atoms with Crippen molar-refractivity contribution in [2.75, 3.05) is 25.5 Å². The van der Waals surface area contributed by atoms with Gasteiger partial charge in [-0.25, -0.2) is 0 Å². The van der Waals surface area contributed by atoms with Crippen molar-refractivity contribution in [2.45, 2.75) is 19.4 Å². The largest absolute Gasteiger partial charge is 0.497 e. The van der Waals surface area contributed by atoms with Crippen LogP contribution in [0.4, 0.5) is 5.69 Å². The summed E-state index contributed by atoms with van der Waals surface area (Å²) < 4.78 is 12.7. The molecule has 2 heterocycles. The summed E-state index contributed by atoms with van der Waals surface area (Å²) in [7, 11) is 1.62. The highest BCUT2D eigenvalue weighted by Gasteiger charge is 2.16. The molecule has 4 rings (SSSR count). The Morgan fingerprint density at radius 3 is 2.50 bits per heavy atom. The van der Waals surface area contributed by atoms with E-state index in [2.05, 4.69) is 20.9 Å². The van der Waals surface area contributed by atoms with Crippen molar-refractivity contribution >= 4 is 11.6 Å². The van der Waals surface area contributed by atoms with Crippen molar-refractivity contribution in [1.82, 2.24) is 20.3 Å². The maximum Gasteiger partial charge on any atom is 0.277 e. The lowest BCUT2D eigenvalue weighted by atomic mass is 10.00. The molecule has 1 atom stereocenters. The number of amides is 1. The Kier molecular flexibility index (Phi) is 6.24. The van der Waals surface area contributed by atoms with Crippen LogP contribution >= 0.6 is 0 Å². The van der Waals surface area contributed by atoms with E-state index in [4.69, 9.17) is 9.47 Å². The zero-order valence-electron chi connectivity index (χ0n) is 16.9. The molecule has 1 fully saturated rings. The van der Waals surface area contributed by atoms with Gasteiger partial charge in [-0.3, -0.25) is 9.48 Å². The van der Waals surface area contributed by atoms with Crippen molar-refractivity contribution in [3.8, 4) is 17.2 Å². The van der Waals surface area contributed by atoms with Crippen LogP contribution < -0.4 is 20.1 Å². The first-order valence-corrected chi connectivity index (χ1v) is 10.0. The Balaban J connectivity index is 1.32. The Bertz CT molecular complexity index is 963. The predicted molar refractivity (Wildman–Crippen MR) is 113 cm³/mol. The number of ether oxygens (including phenoxy) is 2. The van der Waals surface area contributed by atoms with E-state index in [0.717, 1.165) is 25.4 Å². The monoisotopic (exact) mass is 407 g/mol. The first-order chi connectivity index (χ1) is 14.7. The molecule has 8 nitrogen and oxygen atoms in total. The molecule has 0 spiro atoms. The lowest BCUT2D eigenvalue weighted by Crippen LogP contribution is -2.32. The lowest BCUT2D eigenvalue weighted by molar-refractivity contribution is 0.102. The van der Waals surface area contributed by atoms with Crippen molar-refractivity contribution in [3.63, 3.8) is 0 Å². The Morgan fingerprint density at radius 2 is 1.83 bits per heavy atom. The maximum atomic E-state index is 12.5. The Morgan fingerprint density at radius 1 is 1.13 bits per heavy atom. The van der Waals surface area contributed by atoms with Gasteiger partial charge in [-0.1, -0.05) is 5.21 Å². The number of carbonyl (C=O) groups excluding carboxylic acids is 1. The summed E-state index contributed by atoms with van der Waals surface area (Å²) in [6.07, 6.45) is 4.04. The molecule has 30 heavy (non-hydrogen) atoms. The quantitative estimate of drug-likeness (QED) is 0.624. The van der Waals surface area contributed by atoms with Gasteiger partial charge in [-0.2, -0.15) is 0 Å². The van der Waals surface area contributed by atoms with Gasteiger partial charge in [0.2, 0.25) is 0 Å². The summed E-state index contributed by atoms with van der Waals surface area (Å²) in [6, 6.07) is 14.5. The summed E-state index contributed by atoms with van der Waals surface area (Å²) in [5, 5.41) is 14.3. The van der Waals surface area contributed by atoms with Gasteiger partial charge in [0.05, 0.1) is 13.3 Å². The van der Waals surface area contributed by atoms with E-state index in [-0.39, 0.29) is 5.91 Å². The van der Waals surface area contributed by atoms with Gasteiger partial charge in [0.15, 0.2) is 5.69 Å². The van der Waals surface area contributed by atoms with Gasteiger partial charge < -0.3 is 20.1 Å².